The van der Waals surface area contributed by atoms with Gasteiger partial charge in [-0.1, -0.05) is 6.92 Å². The molecule has 0 bridgehead atoms. The minimum absolute atomic E-state index is 0.0758. The molecule has 7 nitrogen and oxygen atoms in total. The molecular weight excluding hydrogens is 336 g/mol. The number of benzene rings is 1. The summed E-state index contributed by atoms with van der Waals surface area (Å²) in [4.78, 5) is 39.8. The second-order valence-corrected chi connectivity index (χ2v) is 6.02. The first-order valence-electron chi connectivity index (χ1n) is 8.88. The molecule has 1 aliphatic heterocycles. The van der Waals surface area contributed by atoms with Gasteiger partial charge in [-0.3, -0.25) is 14.4 Å². The van der Waals surface area contributed by atoms with Gasteiger partial charge in [0.05, 0.1) is 13.2 Å². The normalized spacial score (nSPS) is 12.7. The van der Waals surface area contributed by atoms with Gasteiger partial charge in [-0.05, 0) is 37.1 Å². The Morgan fingerprint density at radius 2 is 2.00 bits per heavy atom. The van der Waals surface area contributed by atoms with Crippen molar-refractivity contribution in [1.29, 1.82) is 0 Å². The Labute approximate surface area is 153 Å². The maximum atomic E-state index is 12.8. The van der Waals surface area contributed by atoms with E-state index in [1.807, 2.05) is 19.1 Å². The Bertz CT molecular complexity index is 674. The number of carbonyl (C=O) groups excluding carboxylic acids is 3. The molecule has 26 heavy (non-hydrogen) atoms. The van der Waals surface area contributed by atoms with Crippen LogP contribution in [-0.2, 0) is 25.5 Å². The number of esters is 1. The largest absolute Gasteiger partial charge is 0.465 e. The minimum Gasteiger partial charge on any atom is -0.465 e. The Kier molecular flexibility index (Phi) is 7.15. The average Bonchev–Trinajstić information content (AvgIpc) is 3.07. The Balaban J connectivity index is 2.18. The van der Waals surface area contributed by atoms with E-state index in [4.69, 9.17) is 9.47 Å². The molecule has 2 rings (SSSR count). The molecular formula is C19H26N2O5. The van der Waals surface area contributed by atoms with Crippen LogP contribution < -0.4 is 4.90 Å². The quantitative estimate of drug-likeness (QED) is 0.657. The van der Waals surface area contributed by atoms with Crippen molar-refractivity contribution in [1.82, 2.24) is 4.90 Å². The van der Waals surface area contributed by atoms with Crippen molar-refractivity contribution in [3.8, 4) is 0 Å². The van der Waals surface area contributed by atoms with Crippen LogP contribution in [0.4, 0.5) is 5.69 Å². The van der Waals surface area contributed by atoms with Crippen molar-refractivity contribution in [3.05, 3.63) is 29.3 Å². The first kappa shape index (κ1) is 19.9. The smallest absolute Gasteiger partial charge is 0.325 e. The van der Waals surface area contributed by atoms with E-state index in [1.165, 1.54) is 4.90 Å². The summed E-state index contributed by atoms with van der Waals surface area (Å²) in [6, 6.07) is 5.32. The monoisotopic (exact) mass is 362 g/mol. The summed E-state index contributed by atoms with van der Waals surface area (Å²) < 4.78 is 9.98. The fourth-order valence-corrected chi connectivity index (χ4v) is 2.98. The van der Waals surface area contributed by atoms with E-state index in [0.717, 1.165) is 17.7 Å². The van der Waals surface area contributed by atoms with Crippen molar-refractivity contribution in [2.24, 2.45) is 0 Å². The number of methoxy groups -OCH3 is 1. The van der Waals surface area contributed by atoms with E-state index in [0.29, 0.717) is 31.7 Å². The third-order valence-electron chi connectivity index (χ3n) is 4.30. The molecule has 0 saturated carbocycles. The molecule has 0 fully saturated rings. The molecule has 0 aliphatic carbocycles. The minimum atomic E-state index is -0.446. The van der Waals surface area contributed by atoms with Crippen molar-refractivity contribution in [3.63, 3.8) is 0 Å². The maximum Gasteiger partial charge on any atom is 0.325 e. The van der Waals surface area contributed by atoms with Gasteiger partial charge in [0.25, 0.3) is 5.91 Å². The van der Waals surface area contributed by atoms with E-state index in [9.17, 15) is 14.4 Å². The number of fused-ring (bicyclic) bond motifs is 1. The Morgan fingerprint density at radius 3 is 2.65 bits per heavy atom. The van der Waals surface area contributed by atoms with Crippen LogP contribution in [0.1, 0.15) is 36.2 Å². The zero-order valence-electron chi connectivity index (χ0n) is 15.6. The van der Waals surface area contributed by atoms with E-state index in [2.05, 4.69) is 0 Å². The lowest BCUT2D eigenvalue weighted by Crippen LogP contribution is -2.38. The lowest BCUT2D eigenvalue weighted by molar-refractivity contribution is -0.144. The number of hydrogen-bond donors (Lipinski definition) is 0. The average molecular weight is 362 g/mol. The number of carbonyl (C=O) groups is 3. The van der Waals surface area contributed by atoms with Gasteiger partial charge < -0.3 is 19.3 Å². The second-order valence-electron chi connectivity index (χ2n) is 6.02. The number of hydrogen-bond acceptors (Lipinski definition) is 5. The standard InChI is InChI=1S/C19H26N2O5/c1-4-17(22)21-9-8-14-12-15(6-7-16(14)21)19(24)20(10-11-25-3)13-18(23)26-5-2/h6-7,12H,4-5,8-11,13H2,1-3H3. The van der Waals surface area contributed by atoms with Crippen molar-refractivity contribution in [2.45, 2.75) is 26.7 Å². The summed E-state index contributed by atoms with van der Waals surface area (Å²) in [5.74, 6) is -0.622. The summed E-state index contributed by atoms with van der Waals surface area (Å²) in [6.45, 7) is 4.97. The molecule has 0 saturated heterocycles. The highest BCUT2D eigenvalue weighted by molar-refractivity contribution is 5.99. The predicted octanol–water partition coefficient (Wildman–Crippen LogP) is 1.64. The fraction of sp³-hybridized carbons (Fsp3) is 0.526. The number of rotatable bonds is 8. The highest BCUT2D eigenvalue weighted by atomic mass is 16.5. The maximum absolute atomic E-state index is 12.8. The van der Waals surface area contributed by atoms with Gasteiger partial charge in [0.15, 0.2) is 0 Å². The molecule has 7 heteroatoms. The van der Waals surface area contributed by atoms with Crippen molar-refractivity contribution >= 4 is 23.5 Å². The molecule has 0 spiro atoms. The van der Waals surface area contributed by atoms with E-state index in [-0.39, 0.29) is 25.0 Å². The van der Waals surface area contributed by atoms with Crippen LogP contribution in [0.3, 0.4) is 0 Å². The molecule has 0 aromatic heterocycles. The molecule has 0 radical (unpaired) electrons. The van der Waals surface area contributed by atoms with E-state index < -0.39 is 5.97 Å². The highest BCUT2D eigenvalue weighted by Gasteiger charge is 2.26. The summed E-state index contributed by atoms with van der Waals surface area (Å²) in [6.07, 6.45) is 1.17. The first-order valence-corrected chi connectivity index (χ1v) is 8.88. The fourth-order valence-electron chi connectivity index (χ4n) is 2.98. The van der Waals surface area contributed by atoms with Gasteiger partial charge in [-0.2, -0.15) is 0 Å². The van der Waals surface area contributed by atoms with Gasteiger partial charge in [-0.15, -0.1) is 0 Å². The van der Waals surface area contributed by atoms with Gasteiger partial charge in [-0.25, -0.2) is 0 Å². The zero-order chi connectivity index (χ0) is 19.1. The number of anilines is 1. The zero-order valence-corrected chi connectivity index (χ0v) is 15.6. The van der Waals surface area contributed by atoms with Crippen LogP contribution in [0, 0.1) is 0 Å². The first-order chi connectivity index (χ1) is 12.5. The molecule has 1 aliphatic rings. The SMILES string of the molecule is CCOC(=O)CN(CCOC)C(=O)c1ccc2c(c1)CCN2C(=O)CC. The van der Waals surface area contributed by atoms with Crippen molar-refractivity contribution < 1.29 is 23.9 Å². The van der Waals surface area contributed by atoms with Gasteiger partial charge in [0.1, 0.15) is 6.54 Å². The van der Waals surface area contributed by atoms with Crippen LogP contribution in [0.25, 0.3) is 0 Å². The van der Waals surface area contributed by atoms with Gasteiger partial charge in [0.2, 0.25) is 5.91 Å². The second kappa shape index (κ2) is 9.33. The summed E-state index contributed by atoms with van der Waals surface area (Å²) in [7, 11) is 1.54. The van der Waals surface area contributed by atoms with Gasteiger partial charge >= 0.3 is 5.97 Å². The third-order valence-corrected chi connectivity index (χ3v) is 4.30. The topological polar surface area (TPSA) is 76.2 Å². The molecule has 1 aromatic carbocycles. The number of amides is 2. The molecule has 0 atom stereocenters. The molecule has 0 N–H and O–H groups in total. The number of ether oxygens (including phenoxy) is 2. The van der Waals surface area contributed by atoms with Gasteiger partial charge in [0, 0.05) is 37.9 Å². The summed E-state index contributed by atoms with van der Waals surface area (Å²) >= 11 is 0. The molecule has 2 amide bonds. The van der Waals surface area contributed by atoms with E-state index >= 15 is 0 Å². The van der Waals surface area contributed by atoms with Crippen LogP contribution in [0.5, 0.6) is 0 Å². The lowest BCUT2D eigenvalue weighted by Gasteiger charge is -2.22. The molecule has 142 valence electrons. The lowest BCUT2D eigenvalue weighted by atomic mass is 10.1. The molecule has 1 aromatic rings. The number of nitrogens with zero attached hydrogens (tertiary/aromatic N) is 2. The van der Waals surface area contributed by atoms with E-state index in [1.54, 1.807) is 25.0 Å². The van der Waals surface area contributed by atoms with Crippen LogP contribution in [0.2, 0.25) is 0 Å². The third kappa shape index (κ3) is 4.60. The van der Waals surface area contributed by atoms with Crippen molar-refractivity contribution in [2.75, 3.05) is 44.9 Å². The highest BCUT2D eigenvalue weighted by Crippen LogP contribution is 2.29. The summed E-state index contributed by atoms with van der Waals surface area (Å²) in [5.41, 5.74) is 2.33. The Morgan fingerprint density at radius 1 is 1.23 bits per heavy atom. The van der Waals surface area contributed by atoms with Crippen LogP contribution in [-0.4, -0.2) is 62.6 Å². The predicted molar refractivity (Wildman–Crippen MR) is 97.2 cm³/mol. The summed E-state index contributed by atoms with van der Waals surface area (Å²) in [5, 5.41) is 0. The van der Waals surface area contributed by atoms with Crippen LogP contribution in [0.15, 0.2) is 18.2 Å². The molecule has 0 unspecified atom stereocenters. The Hall–Kier alpha value is -2.41. The van der Waals surface area contributed by atoms with Crippen LogP contribution >= 0.6 is 0 Å². The molecule has 1 heterocycles.